The Morgan fingerprint density at radius 1 is 0.897 bits per heavy atom. The fourth-order valence-corrected chi connectivity index (χ4v) is 5.71. The van der Waals surface area contributed by atoms with Crippen LogP contribution in [-0.4, -0.2) is 44.3 Å². The number of hydrogen-bond donors (Lipinski definition) is 1. The number of aryl methyl sites for hydroxylation is 1. The first-order chi connectivity index (χ1) is 18.5. The summed E-state index contributed by atoms with van der Waals surface area (Å²) in [5.41, 5.74) is 1.99. The fourth-order valence-electron chi connectivity index (χ4n) is 4.11. The quantitative estimate of drug-likeness (QED) is 0.321. The van der Waals surface area contributed by atoms with Gasteiger partial charge in [-0.15, -0.1) is 0 Å². The smallest absolute Gasteiger partial charge is 0.264 e. The Balaban J connectivity index is 2.03. The highest BCUT2D eigenvalue weighted by Gasteiger charge is 2.33. The van der Waals surface area contributed by atoms with Gasteiger partial charge in [0.2, 0.25) is 11.8 Å². The second-order valence-corrected chi connectivity index (χ2v) is 12.1. The van der Waals surface area contributed by atoms with E-state index in [9.17, 15) is 18.0 Å². The molecule has 1 unspecified atom stereocenters. The molecule has 0 radical (unpaired) electrons. The molecule has 1 atom stereocenters. The lowest BCUT2D eigenvalue weighted by Crippen LogP contribution is -2.51. The molecule has 0 fully saturated rings. The van der Waals surface area contributed by atoms with Crippen LogP contribution in [0.25, 0.3) is 0 Å². The summed E-state index contributed by atoms with van der Waals surface area (Å²) in [4.78, 5) is 28.5. The molecule has 3 aromatic rings. The highest BCUT2D eigenvalue weighted by Crippen LogP contribution is 2.28. The lowest BCUT2D eigenvalue weighted by atomic mass is 10.1. The topological polar surface area (TPSA) is 86.8 Å². The van der Waals surface area contributed by atoms with Crippen molar-refractivity contribution in [1.82, 2.24) is 10.2 Å². The number of benzene rings is 3. The maximum absolute atomic E-state index is 14.0. The van der Waals surface area contributed by atoms with Crippen molar-refractivity contribution >= 4 is 39.1 Å². The van der Waals surface area contributed by atoms with Crippen LogP contribution in [0.2, 0.25) is 5.02 Å². The van der Waals surface area contributed by atoms with Gasteiger partial charge in [0.25, 0.3) is 10.0 Å². The Morgan fingerprint density at radius 3 is 2.13 bits per heavy atom. The molecule has 1 N–H and O–H groups in total. The van der Waals surface area contributed by atoms with Gasteiger partial charge in [0, 0.05) is 18.1 Å². The van der Waals surface area contributed by atoms with Gasteiger partial charge < -0.3 is 10.2 Å². The van der Waals surface area contributed by atoms with E-state index in [0.29, 0.717) is 23.7 Å². The summed E-state index contributed by atoms with van der Waals surface area (Å²) in [5, 5.41) is 3.44. The van der Waals surface area contributed by atoms with Crippen molar-refractivity contribution in [2.75, 3.05) is 17.4 Å². The monoisotopic (exact) mass is 569 g/mol. The zero-order chi connectivity index (χ0) is 28.6. The summed E-state index contributed by atoms with van der Waals surface area (Å²) in [7, 11) is -4.09. The molecule has 2 amide bonds. The molecule has 3 aromatic carbocycles. The van der Waals surface area contributed by atoms with Crippen molar-refractivity contribution in [3.05, 3.63) is 95.0 Å². The van der Waals surface area contributed by atoms with E-state index in [1.54, 1.807) is 61.5 Å². The van der Waals surface area contributed by atoms with Gasteiger partial charge in [-0.25, -0.2) is 8.42 Å². The molecule has 0 saturated carbocycles. The Hall–Kier alpha value is -3.36. The Morgan fingerprint density at radius 2 is 1.51 bits per heavy atom. The third-order valence-electron chi connectivity index (χ3n) is 6.37. The van der Waals surface area contributed by atoms with Crippen LogP contribution in [0, 0.1) is 5.92 Å². The number of halogens is 1. The summed E-state index contributed by atoms with van der Waals surface area (Å²) in [6.45, 7) is 7.66. The molecule has 0 heterocycles. The van der Waals surface area contributed by atoms with Crippen LogP contribution in [0.1, 0.15) is 38.8 Å². The fraction of sp³-hybridized carbons (Fsp3) is 0.333. The number of sulfonamides is 1. The first kappa shape index (κ1) is 30.2. The van der Waals surface area contributed by atoms with Crippen LogP contribution in [0.5, 0.6) is 0 Å². The van der Waals surface area contributed by atoms with Crippen LogP contribution in [-0.2, 0) is 32.6 Å². The van der Waals surface area contributed by atoms with Crippen LogP contribution in [0.4, 0.5) is 5.69 Å². The Labute approximate surface area is 236 Å². The second kappa shape index (κ2) is 13.6. The van der Waals surface area contributed by atoms with Crippen LogP contribution in [0.3, 0.4) is 0 Å². The van der Waals surface area contributed by atoms with E-state index < -0.39 is 28.5 Å². The molecule has 0 aliphatic rings. The third-order valence-corrected chi connectivity index (χ3v) is 8.40. The number of carbonyl (C=O) groups excluding carboxylic acids is 2. The summed E-state index contributed by atoms with van der Waals surface area (Å²) >= 11 is 6.05. The van der Waals surface area contributed by atoms with E-state index in [-0.39, 0.29) is 23.3 Å². The van der Waals surface area contributed by atoms with Crippen LogP contribution < -0.4 is 9.62 Å². The van der Waals surface area contributed by atoms with Crippen molar-refractivity contribution in [3.8, 4) is 0 Å². The van der Waals surface area contributed by atoms with Crippen molar-refractivity contribution in [3.63, 3.8) is 0 Å². The van der Waals surface area contributed by atoms with E-state index in [1.165, 1.54) is 17.0 Å². The molecule has 0 bridgehead atoms. The molecule has 0 spiro atoms. The zero-order valence-corrected chi connectivity index (χ0v) is 24.4. The Kier molecular flexibility index (Phi) is 10.5. The van der Waals surface area contributed by atoms with Gasteiger partial charge in [0.15, 0.2) is 0 Å². The van der Waals surface area contributed by atoms with Gasteiger partial charge in [0.05, 0.1) is 10.6 Å². The van der Waals surface area contributed by atoms with E-state index >= 15 is 0 Å². The van der Waals surface area contributed by atoms with Crippen molar-refractivity contribution in [1.29, 1.82) is 0 Å². The first-order valence-electron chi connectivity index (χ1n) is 13.0. The molecule has 208 valence electrons. The molecular weight excluding hydrogens is 534 g/mol. The van der Waals surface area contributed by atoms with Gasteiger partial charge in [-0.05, 0) is 60.7 Å². The lowest BCUT2D eigenvalue weighted by molar-refractivity contribution is -0.139. The number of para-hydroxylation sites is 1. The highest BCUT2D eigenvalue weighted by atomic mass is 35.5. The lowest BCUT2D eigenvalue weighted by Gasteiger charge is -2.32. The minimum Gasteiger partial charge on any atom is -0.354 e. The average Bonchev–Trinajstić information content (AvgIpc) is 2.94. The third kappa shape index (κ3) is 7.83. The number of rotatable bonds is 12. The molecule has 0 saturated heterocycles. The summed E-state index contributed by atoms with van der Waals surface area (Å²) in [6.07, 6.45) is 0.577. The van der Waals surface area contributed by atoms with Gasteiger partial charge >= 0.3 is 0 Å². The number of nitrogens with zero attached hydrogens (tertiary/aromatic N) is 2. The number of hydrogen-bond acceptors (Lipinski definition) is 4. The molecule has 0 aliphatic carbocycles. The van der Waals surface area contributed by atoms with Gasteiger partial charge in [-0.2, -0.15) is 0 Å². The van der Waals surface area contributed by atoms with Crippen LogP contribution >= 0.6 is 11.6 Å². The minimum atomic E-state index is -4.09. The van der Waals surface area contributed by atoms with E-state index in [1.807, 2.05) is 32.9 Å². The predicted molar refractivity (Wildman–Crippen MR) is 156 cm³/mol. The number of anilines is 1. The number of nitrogens with one attached hydrogen (secondary N) is 1. The van der Waals surface area contributed by atoms with E-state index in [4.69, 9.17) is 11.6 Å². The summed E-state index contributed by atoms with van der Waals surface area (Å²) in [6, 6.07) is 21.3. The number of carbonyl (C=O) groups is 2. The predicted octanol–water partition coefficient (Wildman–Crippen LogP) is 5.29. The normalized spacial score (nSPS) is 12.2. The average molecular weight is 570 g/mol. The van der Waals surface area contributed by atoms with Crippen LogP contribution in [0.15, 0.2) is 83.8 Å². The SMILES string of the molecule is CCc1ccccc1N(CC(=O)N(Cc1ccc(Cl)cc1)C(C)C(=O)NCC(C)C)S(=O)(=O)c1ccccc1. The van der Waals surface area contributed by atoms with Crippen molar-refractivity contribution < 1.29 is 18.0 Å². The van der Waals surface area contributed by atoms with Crippen molar-refractivity contribution in [2.24, 2.45) is 5.92 Å². The molecular formula is C30H36ClN3O4S. The molecule has 7 nitrogen and oxygen atoms in total. The van der Waals surface area contributed by atoms with Crippen molar-refractivity contribution in [2.45, 2.75) is 51.6 Å². The van der Waals surface area contributed by atoms with Gasteiger partial charge in [-0.3, -0.25) is 13.9 Å². The second-order valence-electron chi connectivity index (χ2n) is 9.77. The highest BCUT2D eigenvalue weighted by molar-refractivity contribution is 7.92. The molecule has 0 aromatic heterocycles. The van der Waals surface area contributed by atoms with Gasteiger partial charge in [-0.1, -0.05) is 80.9 Å². The van der Waals surface area contributed by atoms with Gasteiger partial charge in [0.1, 0.15) is 12.6 Å². The summed E-state index contributed by atoms with van der Waals surface area (Å²) < 4.78 is 28.9. The van der Waals surface area contributed by atoms with E-state index in [2.05, 4.69) is 5.32 Å². The zero-order valence-electron chi connectivity index (χ0n) is 22.8. The van der Waals surface area contributed by atoms with E-state index in [0.717, 1.165) is 15.4 Å². The molecule has 0 aliphatic heterocycles. The Bertz CT molecular complexity index is 1360. The standard InChI is InChI=1S/C30H36ClN3O4S/c1-5-25-11-9-10-14-28(25)34(39(37,38)27-12-7-6-8-13-27)21-29(35)33(20-24-15-17-26(31)18-16-24)23(4)30(36)32-19-22(2)3/h6-18,22-23H,5,19-21H2,1-4H3,(H,32,36). The molecule has 39 heavy (non-hydrogen) atoms. The minimum absolute atomic E-state index is 0.0793. The summed E-state index contributed by atoms with van der Waals surface area (Å²) in [5.74, 6) is -0.571. The molecule has 9 heteroatoms. The maximum Gasteiger partial charge on any atom is 0.264 e. The number of amides is 2. The first-order valence-corrected chi connectivity index (χ1v) is 14.8. The molecule has 3 rings (SSSR count). The largest absolute Gasteiger partial charge is 0.354 e. The maximum atomic E-state index is 14.0.